The molecule has 0 heterocycles. The fourth-order valence-corrected chi connectivity index (χ4v) is 3.19. The lowest BCUT2D eigenvalue weighted by molar-refractivity contribution is 0.0526. The summed E-state index contributed by atoms with van der Waals surface area (Å²) in [6.07, 6.45) is 1.48. The zero-order valence-corrected chi connectivity index (χ0v) is 15.4. The van der Waals surface area contributed by atoms with E-state index in [1.54, 1.807) is 31.2 Å². The van der Waals surface area contributed by atoms with E-state index < -0.39 is 0 Å². The van der Waals surface area contributed by atoms with Crippen LogP contribution in [0.4, 0.5) is 0 Å². The molecule has 3 rings (SSSR count). The van der Waals surface area contributed by atoms with E-state index in [9.17, 15) is 9.59 Å². The van der Waals surface area contributed by atoms with Gasteiger partial charge in [-0.3, -0.25) is 4.79 Å². The molecule has 0 aromatic heterocycles. The third-order valence-corrected chi connectivity index (χ3v) is 4.77. The minimum absolute atomic E-state index is 0.0259. The van der Waals surface area contributed by atoms with Crippen LogP contribution in [0, 0.1) is 11.8 Å². The second-order valence-electron chi connectivity index (χ2n) is 7.12. The van der Waals surface area contributed by atoms with Gasteiger partial charge in [0.2, 0.25) is 0 Å². The van der Waals surface area contributed by atoms with Crippen LogP contribution >= 0.6 is 0 Å². The molecule has 2 aromatic rings. The minimum atomic E-state index is -0.331. The van der Waals surface area contributed by atoms with E-state index in [1.165, 1.54) is 0 Å². The molecule has 132 valence electrons. The zero-order valence-electron chi connectivity index (χ0n) is 15.4. The Hall–Kier alpha value is -2.86. The quantitative estimate of drug-likeness (QED) is 0.593. The van der Waals surface area contributed by atoms with Crippen LogP contribution in [-0.4, -0.2) is 18.4 Å². The first-order valence-electron chi connectivity index (χ1n) is 8.87. The molecular formula is C23H22O3. The van der Waals surface area contributed by atoms with Crippen LogP contribution in [0.15, 0.2) is 42.5 Å². The van der Waals surface area contributed by atoms with Crippen molar-refractivity contribution in [2.24, 2.45) is 0 Å². The van der Waals surface area contributed by atoms with Crippen molar-refractivity contribution in [1.82, 2.24) is 0 Å². The monoisotopic (exact) mass is 346 g/mol. The van der Waals surface area contributed by atoms with Crippen molar-refractivity contribution in [2.45, 2.75) is 39.0 Å². The standard InChI is InChI=1S/C23H22O3/c1-4-26-22(25)18-10-7-16(8-11-18)5-6-17-9-12-20-19(15-17)21(24)13-14-23(20,2)3/h7-12,15H,4,13-14H2,1-3H3. The molecule has 0 saturated carbocycles. The molecule has 0 N–H and O–H groups in total. The van der Waals surface area contributed by atoms with Gasteiger partial charge < -0.3 is 4.74 Å². The van der Waals surface area contributed by atoms with Crippen molar-refractivity contribution in [1.29, 1.82) is 0 Å². The first-order valence-corrected chi connectivity index (χ1v) is 8.87. The molecule has 0 spiro atoms. The Kier molecular flexibility index (Phi) is 4.95. The number of ether oxygens (including phenoxy) is 1. The van der Waals surface area contributed by atoms with E-state index in [-0.39, 0.29) is 17.2 Å². The fourth-order valence-electron chi connectivity index (χ4n) is 3.19. The van der Waals surface area contributed by atoms with E-state index >= 15 is 0 Å². The highest BCUT2D eigenvalue weighted by Gasteiger charge is 2.31. The predicted molar refractivity (Wildman–Crippen MR) is 101 cm³/mol. The Morgan fingerprint density at radius 1 is 1.08 bits per heavy atom. The van der Waals surface area contributed by atoms with Crippen LogP contribution in [0.2, 0.25) is 0 Å². The molecular weight excluding hydrogens is 324 g/mol. The highest BCUT2D eigenvalue weighted by Crippen LogP contribution is 2.36. The summed E-state index contributed by atoms with van der Waals surface area (Å²) in [5.74, 6) is 6.07. The highest BCUT2D eigenvalue weighted by atomic mass is 16.5. The lowest BCUT2D eigenvalue weighted by atomic mass is 9.72. The number of carbonyl (C=O) groups excluding carboxylic acids is 2. The number of fused-ring (bicyclic) bond motifs is 1. The second kappa shape index (κ2) is 7.17. The molecule has 0 saturated heterocycles. The van der Waals surface area contributed by atoms with Gasteiger partial charge in [0.15, 0.2) is 5.78 Å². The van der Waals surface area contributed by atoms with Gasteiger partial charge in [0.05, 0.1) is 12.2 Å². The van der Waals surface area contributed by atoms with Crippen molar-refractivity contribution in [3.05, 3.63) is 70.3 Å². The molecule has 0 amide bonds. The summed E-state index contributed by atoms with van der Waals surface area (Å²) in [5, 5.41) is 0. The number of hydrogen-bond donors (Lipinski definition) is 0. The van der Waals surface area contributed by atoms with Crippen molar-refractivity contribution >= 4 is 11.8 Å². The van der Waals surface area contributed by atoms with Gasteiger partial charge >= 0.3 is 5.97 Å². The Morgan fingerprint density at radius 3 is 2.42 bits per heavy atom. The Morgan fingerprint density at radius 2 is 1.73 bits per heavy atom. The first kappa shape index (κ1) is 17.9. The number of esters is 1. The molecule has 26 heavy (non-hydrogen) atoms. The highest BCUT2D eigenvalue weighted by molar-refractivity contribution is 5.99. The maximum absolute atomic E-state index is 12.3. The molecule has 0 radical (unpaired) electrons. The lowest BCUT2D eigenvalue weighted by Crippen LogP contribution is -2.27. The molecule has 1 aliphatic carbocycles. The van der Waals surface area contributed by atoms with Crippen molar-refractivity contribution < 1.29 is 14.3 Å². The summed E-state index contributed by atoms with van der Waals surface area (Å²) >= 11 is 0. The molecule has 0 unspecified atom stereocenters. The van der Waals surface area contributed by atoms with Gasteiger partial charge in [-0.05, 0) is 60.7 Å². The van der Waals surface area contributed by atoms with E-state index in [4.69, 9.17) is 4.74 Å². The van der Waals surface area contributed by atoms with E-state index in [1.807, 2.05) is 18.2 Å². The van der Waals surface area contributed by atoms with Gasteiger partial charge in [-0.15, -0.1) is 0 Å². The van der Waals surface area contributed by atoms with Gasteiger partial charge in [-0.1, -0.05) is 31.8 Å². The first-order chi connectivity index (χ1) is 12.4. The largest absolute Gasteiger partial charge is 0.462 e. The normalized spacial score (nSPS) is 14.8. The molecule has 3 nitrogen and oxygen atoms in total. The topological polar surface area (TPSA) is 43.4 Å². The van der Waals surface area contributed by atoms with E-state index in [2.05, 4.69) is 25.7 Å². The summed E-state index contributed by atoms with van der Waals surface area (Å²) in [5.41, 5.74) is 4.08. The number of Topliss-reactive ketones (excluding diaryl/α,β-unsaturated/α-hetero) is 1. The second-order valence-corrected chi connectivity index (χ2v) is 7.12. The summed E-state index contributed by atoms with van der Waals surface area (Å²) in [6, 6.07) is 12.9. The number of ketones is 1. The Bertz CT molecular complexity index is 909. The fraction of sp³-hybridized carbons (Fsp3) is 0.304. The van der Waals surface area contributed by atoms with Crippen molar-refractivity contribution in [3.8, 4) is 11.8 Å². The van der Waals surface area contributed by atoms with Crippen LogP contribution in [0.1, 0.15) is 71.0 Å². The van der Waals surface area contributed by atoms with Gasteiger partial charge in [-0.25, -0.2) is 4.79 Å². The van der Waals surface area contributed by atoms with Gasteiger partial charge in [0.1, 0.15) is 0 Å². The van der Waals surface area contributed by atoms with Gasteiger partial charge in [0, 0.05) is 23.1 Å². The SMILES string of the molecule is CCOC(=O)c1ccc(C#Cc2ccc3c(c2)C(=O)CCC3(C)C)cc1. The van der Waals surface area contributed by atoms with Gasteiger partial charge in [0.25, 0.3) is 0 Å². The Labute approximate surface area is 154 Å². The van der Waals surface area contributed by atoms with Crippen molar-refractivity contribution in [2.75, 3.05) is 6.61 Å². The third kappa shape index (κ3) is 3.70. The van der Waals surface area contributed by atoms with Gasteiger partial charge in [-0.2, -0.15) is 0 Å². The van der Waals surface area contributed by atoms with Crippen LogP contribution in [-0.2, 0) is 10.2 Å². The summed E-state index contributed by atoms with van der Waals surface area (Å²) in [7, 11) is 0. The zero-order chi connectivity index (χ0) is 18.7. The molecule has 1 aliphatic rings. The summed E-state index contributed by atoms with van der Waals surface area (Å²) < 4.78 is 4.97. The van der Waals surface area contributed by atoms with E-state index in [0.717, 1.165) is 28.7 Å². The molecule has 0 atom stereocenters. The van der Waals surface area contributed by atoms with Crippen LogP contribution in [0.3, 0.4) is 0 Å². The lowest BCUT2D eigenvalue weighted by Gasteiger charge is -2.31. The molecule has 0 fully saturated rings. The van der Waals surface area contributed by atoms with E-state index in [0.29, 0.717) is 18.6 Å². The van der Waals surface area contributed by atoms with Crippen molar-refractivity contribution in [3.63, 3.8) is 0 Å². The maximum atomic E-state index is 12.3. The average Bonchev–Trinajstić information content (AvgIpc) is 2.64. The molecule has 2 aromatic carbocycles. The number of rotatable bonds is 2. The molecule has 3 heteroatoms. The summed E-state index contributed by atoms with van der Waals surface area (Å²) in [4.78, 5) is 23.9. The minimum Gasteiger partial charge on any atom is -0.462 e. The van der Waals surface area contributed by atoms with Crippen LogP contribution in [0.25, 0.3) is 0 Å². The predicted octanol–water partition coefficient (Wildman–Crippen LogP) is 4.52. The van der Waals surface area contributed by atoms with Crippen LogP contribution in [0.5, 0.6) is 0 Å². The average molecular weight is 346 g/mol. The number of hydrogen-bond acceptors (Lipinski definition) is 3. The van der Waals surface area contributed by atoms with Crippen LogP contribution < -0.4 is 0 Å². The third-order valence-electron chi connectivity index (χ3n) is 4.77. The number of carbonyl (C=O) groups is 2. The molecule has 0 aliphatic heterocycles. The Balaban J connectivity index is 1.84. The number of benzene rings is 2. The smallest absolute Gasteiger partial charge is 0.338 e. The molecule has 0 bridgehead atoms. The maximum Gasteiger partial charge on any atom is 0.338 e. The summed E-state index contributed by atoms with van der Waals surface area (Å²) in [6.45, 7) is 6.49.